The summed E-state index contributed by atoms with van der Waals surface area (Å²) in [6.07, 6.45) is 0. The SMILES string of the molecule is COC(=O)c1ccc2c(c1)NC(=O)C2=C(Nc1ccc(N(C)C(=O)CN(C)C)c(F)c1)c1ccsc1. The number of methoxy groups -OCH3 is 1. The number of nitrogens with zero attached hydrogens (tertiary/aromatic N) is 2. The fraction of sp³-hybridized carbons (Fsp3) is 0.192. The molecule has 1 aliphatic rings. The van der Waals surface area contributed by atoms with E-state index in [1.807, 2.05) is 16.8 Å². The molecule has 186 valence electrons. The number of fused-ring (bicyclic) bond motifs is 1. The highest BCUT2D eigenvalue weighted by Crippen LogP contribution is 2.39. The van der Waals surface area contributed by atoms with Crippen molar-refractivity contribution in [3.05, 3.63) is 75.7 Å². The molecule has 10 heteroatoms. The van der Waals surface area contributed by atoms with Gasteiger partial charge in [0.2, 0.25) is 5.91 Å². The molecule has 0 radical (unpaired) electrons. The molecule has 0 atom stereocenters. The molecular weight excluding hydrogens is 483 g/mol. The number of esters is 1. The van der Waals surface area contributed by atoms with Gasteiger partial charge in [-0.15, -0.1) is 0 Å². The Kier molecular flexibility index (Phi) is 7.18. The van der Waals surface area contributed by atoms with Crippen molar-refractivity contribution in [1.29, 1.82) is 0 Å². The summed E-state index contributed by atoms with van der Waals surface area (Å²) in [6, 6.07) is 11.1. The van der Waals surface area contributed by atoms with Crippen LogP contribution in [0, 0.1) is 5.82 Å². The Labute approximate surface area is 212 Å². The van der Waals surface area contributed by atoms with Crippen LogP contribution in [0.5, 0.6) is 0 Å². The lowest BCUT2D eigenvalue weighted by Gasteiger charge is -2.21. The molecule has 0 bridgehead atoms. The first-order chi connectivity index (χ1) is 17.2. The maximum Gasteiger partial charge on any atom is 0.337 e. The molecule has 36 heavy (non-hydrogen) atoms. The van der Waals surface area contributed by atoms with Gasteiger partial charge in [0.15, 0.2) is 0 Å². The standard InChI is InChI=1S/C26H25FN4O4S/c1-30(2)13-22(32)31(3)21-8-6-17(12-19(21)27)28-24(16-9-10-36-14-16)23-18-7-5-15(26(34)35-4)11-20(18)29-25(23)33/h5-12,14,28H,13H2,1-4H3,(H,29,33). The number of anilines is 3. The fourth-order valence-electron chi connectivity index (χ4n) is 3.86. The normalized spacial score (nSPS) is 13.8. The summed E-state index contributed by atoms with van der Waals surface area (Å²) >= 11 is 1.46. The van der Waals surface area contributed by atoms with Crippen molar-refractivity contribution in [3.63, 3.8) is 0 Å². The van der Waals surface area contributed by atoms with Crippen LogP contribution in [0.2, 0.25) is 0 Å². The van der Waals surface area contributed by atoms with Crippen molar-refractivity contribution in [2.24, 2.45) is 0 Å². The second-order valence-corrected chi connectivity index (χ2v) is 9.23. The minimum Gasteiger partial charge on any atom is -0.465 e. The minimum atomic E-state index is -0.580. The Hall–Kier alpha value is -4.02. The summed E-state index contributed by atoms with van der Waals surface area (Å²) in [7, 11) is 6.35. The van der Waals surface area contributed by atoms with Crippen LogP contribution < -0.4 is 15.5 Å². The third-order valence-electron chi connectivity index (χ3n) is 5.65. The van der Waals surface area contributed by atoms with Crippen molar-refractivity contribution in [2.75, 3.05) is 50.3 Å². The number of hydrogen-bond acceptors (Lipinski definition) is 7. The number of carbonyl (C=O) groups is 3. The number of nitrogens with one attached hydrogen (secondary N) is 2. The van der Waals surface area contributed by atoms with Gasteiger partial charge >= 0.3 is 5.97 Å². The summed E-state index contributed by atoms with van der Waals surface area (Å²) in [5.41, 5.74) is 3.56. The average Bonchev–Trinajstić information content (AvgIpc) is 3.48. The van der Waals surface area contributed by atoms with Crippen molar-refractivity contribution in [1.82, 2.24) is 4.90 Å². The minimum absolute atomic E-state index is 0.149. The highest BCUT2D eigenvalue weighted by atomic mass is 32.1. The zero-order valence-electron chi connectivity index (χ0n) is 20.2. The molecule has 2 N–H and O–H groups in total. The van der Waals surface area contributed by atoms with Gasteiger partial charge in [0.1, 0.15) is 5.82 Å². The predicted molar refractivity (Wildman–Crippen MR) is 140 cm³/mol. The zero-order valence-corrected chi connectivity index (χ0v) is 21.0. The van der Waals surface area contributed by atoms with Gasteiger partial charge in [-0.3, -0.25) is 9.59 Å². The van der Waals surface area contributed by atoms with E-state index >= 15 is 4.39 Å². The number of halogens is 1. The van der Waals surface area contributed by atoms with Gasteiger partial charge in [0, 0.05) is 29.2 Å². The molecule has 8 nitrogen and oxygen atoms in total. The molecular formula is C26H25FN4O4S. The van der Waals surface area contributed by atoms with Crippen molar-refractivity contribution < 1.29 is 23.5 Å². The van der Waals surface area contributed by atoms with Crippen LogP contribution in [0.3, 0.4) is 0 Å². The van der Waals surface area contributed by atoms with Gasteiger partial charge in [0.25, 0.3) is 5.91 Å². The molecule has 0 unspecified atom stereocenters. The molecule has 0 saturated carbocycles. The van der Waals surface area contributed by atoms with Crippen LogP contribution in [0.4, 0.5) is 21.5 Å². The van der Waals surface area contributed by atoms with Crippen LogP contribution in [-0.4, -0.2) is 57.5 Å². The number of rotatable bonds is 7. The molecule has 3 aromatic rings. The molecule has 1 aromatic heterocycles. The van der Waals surface area contributed by atoms with Crippen LogP contribution in [0.1, 0.15) is 21.5 Å². The predicted octanol–water partition coefficient (Wildman–Crippen LogP) is 4.13. The van der Waals surface area contributed by atoms with Gasteiger partial charge in [-0.05, 0) is 55.9 Å². The largest absolute Gasteiger partial charge is 0.465 e. The maximum atomic E-state index is 15.1. The molecule has 2 heterocycles. The summed E-state index contributed by atoms with van der Waals surface area (Å²) < 4.78 is 19.8. The number of hydrogen-bond donors (Lipinski definition) is 2. The molecule has 0 saturated heterocycles. The third kappa shape index (κ3) is 5.00. The van der Waals surface area contributed by atoms with E-state index in [9.17, 15) is 14.4 Å². The van der Waals surface area contributed by atoms with Gasteiger partial charge in [-0.25, -0.2) is 9.18 Å². The second-order valence-electron chi connectivity index (χ2n) is 8.45. The molecule has 1 aliphatic heterocycles. The maximum absolute atomic E-state index is 15.1. The van der Waals surface area contributed by atoms with Crippen LogP contribution in [-0.2, 0) is 14.3 Å². The lowest BCUT2D eigenvalue weighted by molar-refractivity contribution is -0.119. The van der Waals surface area contributed by atoms with E-state index in [1.165, 1.54) is 42.5 Å². The van der Waals surface area contributed by atoms with Crippen molar-refractivity contribution in [2.45, 2.75) is 0 Å². The Morgan fingerprint density at radius 3 is 2.50 bits per heavy atom. The van der Waals surface area contributed by atoms with E-state index in [4.69, 9.17) is 4.74 Å². The van der Waals surface area contributed by atoms with Crippen molar-refractivity contribution >= 4 is 57.5 Å². The Morgan fingerprint density at radius 1 is 1.08 bits per heavy atom. The number of benzene rings is 2. The quantitative estimate of drug-likeness (QED) is 0.368. The first-order valence-electron chi connectivity index (χ1n) is 11.0. The Balaban J connectivity index is 1.72. The smallest absolute Gasteiger partial charge is 0.337 e. The van der Waals surface area contributed by atoms with E-state index < -0.39 is 11.8 Å². The molecule has 2 amide bonds. The average molecular weight is 509 g/mol. The number of ether oxygens (including phenoxy) is 1. The lowest BCUT2D eigenvalue weighted by Crippen LogP contribution is -2.35. The molecule has 2 aromatic carbocycles. The second kappa shape index (κ2) is 10.3. The Bertz CT molecular complexity index is 1370. The topological polar surface area (TPSA) is 91.0 Å². The molecule has 0 spiro atoms. The van der Waals surface area contributed by atoms with Gasteiger partial charge in [-0.2, -0.15) is 11.3 Å². The highest BCUT2D eigenvalue weighted by Gasteiger charge is 2.29. The van der Waals surface area contributed by atoms with E-state index in [0.29, 0.717) is 33.8 Å². The van der Waals surface area contributed by atoms with E-state index in [1.54, 1.807) is 43.3 Å². The first-order valence-corrected chi connectivity index (χ1v) is 11.9. The van der Waals surface area contributed by atoms with E-state index in [0.717, 1.165) is 5.56 Å². The molecule has 4 rings (SSSR count). The number of amides is 2. The van der Waals surface area contributed by atoms with E-state index in [-0.39, 0.29) is 24.0 Å². The molecule has 0 aliphatic carbocycles. The monoisotopic (exact) mass is 508 g/mol. The number of carbonyl (C=O) groups excluding carboxylic acids is 3. The first kappa shape index (κ1) is 25.1. The highest BCUT2D eigenvalue weighted by molar-refractivity contribution is 7.08. The summed E-state index contributed by atoms with van der Waals surface area (Å²) in [5.74, 6) is -1.69. The number of likely N-dealkylation sites (N-methyl/N-ethyl adjacent to an activating group) is 2. The van der Waals surface area contributed by atoms with E-state index in [2.05, 4.69) is 10.6 Å². The number of thiophene rings is 1. The van der Waals surface area contributed by atoms with Gasteiger partial charge in [-0.1, -0.05) is 6.07 Å². The zero-order chi connectivity index (χ0) is 26.0. The summed E-state index contributed by atoms with van der Waals surface area (Å²) in [6.45, 7) is 0.149. The van der Waals surface area contributed by atoms with Crippen LogP contribution >= 0.6 is 11.3 Å². The molecule has 0 fully saturated rings. The van der Waals surface area contributed by atoms with Gasteiger partial charge in [0.05, 0.1) is 41.9 Å². The van der Waals surface area contributed by atoms with Gasteiger partial charge < -0.3 is 25.2 Å². The fourth-order valence-corrected chi connectivity index (χ4v) is 4.51. The summed E-state index contributed by atoms with van der Waals surface area (Å²) in [4.78, 5) is 40.3. The van der Waals surface area contributed by atoms with Crippen LogP contribution in [0.15, 0.2) is 53.2 Å². The lowest BCUT2D eigenvalue weighted by atomic mass is 10.00. The Morgan fingerprint density at radius 2 is 1.86 bits per heavy atom. The summed E-state index contributed by atoms with van der Waals surface area (Å²) in [5, 5.41) is 9.74. The van der Waals surface area contributed by atoms with Crippen LogP contribution in [0.25, 0.3) is 11.3 Å². The third-order valence-corrected chi connectivity index (χ3v) is 6.33. The van der Waals surface area contributed by atoms with Crippen molar-refractivity contribution in [3.8, 4) is 0 Å².